The number of carbonyl (C=O) groups is 1. The molecule has 0 amide bonds. The maximum absolute atomic E-state index is 12.4. The van der Waals surface area contributed by atoms with Crippen LogP contribution in [0.5, 0.6) is 0 Å². The lowest BCUT2D eigenvalue weighted by Gasteiger charge is -2.37. The molecule has 0 saturated heterocycles. The maximum atomic E-state index is 12.4. The molecule has 0 aliphatic heterocycles. The minimum Gasteiger partial charge on any atom is -0.463 e. The van der Waals surface area contributed by atoms with Gasteiger partial charge in [-0.15, -0.1) is 0 Å². The third-order valence-electron chi connectivity index (χ3n) is 6.41. The Morgan fingerprint density at radius 1 is 1.12 bits per heavy atom. The van der Waals surface area contributed by atoms with E-state index in [0.29, 0.717) is 12.5 Å². The first-order chi connectivity index (χ1) is 11.2. The molecule has 2 aliphatic carbocycles. The monoisotopic (exact) mass is 338 g/mol. The molecule has 0 aromatic rings. The van der Waals surface area contributed by atoms with Crippen LogP contribution < -0.4 is 0 Å². The van der Waals surface area contributed by atoms with Gasteiger partial charge in [0.15, 0.2) is 0 Å². The summed E-state index contributed by atoms with van der Waals surface area (Å²) in [6, 6.07) is 0. The molecule has 3 heteroatoms. The second kappa shape index (κ2) is 7.76. The number of esters is 1. The van der Waals surface area contributed by atoms with Crippen molar-refractivity contribution in [2.75, 3.05) is 6.61 Å². The van der Waals surface area contributed by atoms with Gasteiger partial charge in [0.2, 0.25) is 0 Å². The zero-order valence-electron chi connectivity index (χ0n) is 16.7. The number of ether oxygens (including phenoxy) is 2. The number of fused-ring (bicyclic) bond motifs is 2. The third kappa shape index (κ3) is 4.74. The van der Waals surface area contributed by atoms with Crippen LogP contribution in [0.1, 0.15) is 86.5 Å². The van der Waals surface area contributed by atoms with E-state index in [2.05, 4.69) is 20.8 Å². The molecule has 2 rings (SSSR count). The van der Waals surface area contributed by atoms with Gasteiger partial charge < -0.3 is 9.47 Å². The minimum absolute atomic E-state index is 0.0541. The fourth-order valence-electron chi connectivity index (χ4n) is 4.56. The van der Waals surface area contributed by atoms with Crippen LogP contribution in [0.25, 0.3) is 0 Å². The van der Waals surface area contributed by atoms with E-state index in [1.807, 2.05) is 20.8 Å². The molecule has 3 nitrogen and oxygen atoms in total. The molecular weight excluding hydrogens is 300 g/mol. The van der Waals surface area contributed by atoms with Gasteiger partial charge in [-0.25, -0.2) is 0 Å². The minimum atomic E-state index is -0.405. The van der Waals surface area contributed by atoms with Crippen molar-refractivity contribution in [2.24, 2.45) is 23.2 Å². The SMILES string of the molecule is CCCC(C)(C)OC(COC(=O)C(C)(C)CC)C1CC2CCC1C2. The molecule has 0 radical (unpaired) electrons. The van der Waals surface area contributed by atoms with E-state index in [1.54, 1.807) is 0 Å². The normalized spacial score (nSPS) is 28.2. The Morgan fingerprint density at radius 3 is 2.33 bits per heavy atom. The molecule has 24 heavy (non-hydrogen) atoms. The predicted octanol–water partition coefficient (Wildman–Crippen LogP) is 5.37. The smallest absolute Gasteiger partial charge is 0.311 e. The fourth-order valence-corrected chi connectivity index (χ4v) is 4.56. The van der Waals surface area contributed by atoms with E-state index >= 15 is 0 Å². The van der Waals surface area contributed by atoms with Gasteiger partial charge in [0.25, 0.3) is 0 Å². The summed E-state index contributed by atoms with van der Waals surface area (Å²) in [5.41, 5.74) is -0.550. The molecule has 2 aliphatic rings. The summed E-state index contributed by atoms with van der Waals surface area (Å²) < 4.78 is 12.3. The number of rotatable bonds is 9. The van der Waals surface area contributed by atoms with Crippen LogP contribution in [0.2, 0.25) is 0 Å². The van der Waals surface area contributed by atoms with Gasteiger partial charge in [-0.1, -0.05) is 26.7 Å². The van der Waals surface area contributed by atoms with Crippen LogP contribution in [0.4, 0.5) is 0 Å². The van der Waals surface area contributed by atoms with Crippen molar-refractivity contribution in [1.82, 2.24) is 0 Å². The van der Waals surface area contributed by atoms with Crippen molar-refractivity contribution in [1.29, 1.82) is 0 Å². The van der Waals surface area contributed by atoms with Gasteiger partial charge >= 0.3 is 5.97 Å². The first-order valence-electron chi connectivity index (χ1n) is 10.0. The van der Waals surface area contributed by atoms with Crippen molar-refractivity contribution in [3.05, 3.63) is 0 Å². The fraction of sp³-hybridized carbons (Fsp3) is 0.952. The predicted molar refractivity (Wildman–Crippen MR) is 97.8 cm³/mol. The standard InChI is InChI=1S/C21H38O3/c1-7-11-21(5,6)24-18(14-23-19(22)20(3,4)8-2)17-13-15-9-10-16(17)12-15/h15-18H,7-14H2,1-6H3. The Labute approximate surface area is 148 Å². The molecule has 2 bridgehead atoms. The highest BCUT2D eigenvalue weighted by molar-refractivity contribution is 5.75. The van der Waals surface area contributed by atoms with Crippen LogP contribution in [0, 0.1) is 23.2 Å². The molecule has 0 aromatic heterocycles. The molecule has 2 saturated carbocycles. The first kappa shape index (κ1) is 19.8. The van der Waals surface area contributed by atoms with Gasteiger partial charge in [-0.3, -0.25) is 4.79 Å². The van der Waals surface area contributed by atoms with Gasteiger partial charge in [0, 0.05) is 0 Å². The summed E-state index contributed by atoms with van der Waals surface area (Å²) >= 11 is 0. The lowest BCUT2D eigenvalue weighted by molar-refractivity contribution is -0.170. The number of carbonyl (C=O) groups excluding carboxylic acids is 1. The highest BCUT2D eigenvalue weighted by atomic mass is 16.6. The Morgan fingerprint density at radius 2 is 1.83 bits per heavy atom. The Hall–Kier alpha value is -0.570. The molecule has 0 spiro atoms. The van der Waals surface area contributed by atoms with Gasteiger partial charge in [0.1, 0.15) is 6.61 Å². The zero-order chi connectivity index (χ0) is 18.0. The van der Waals surface area contributed by atoms with E-state index in [1.165, 1.54) is 25.7 Å². The second-order valence-electron chi connectivity index (χ2n) is 9.34. The van der Waals surface area contributed by atoms with E-state index in [0.717, 1.165) is 31.1 Å². The van der Waals surface area contributed by atoms with Crippen molar-refractivity contribution in [3.63, 3.8) is 0 Å². The van der Waals surface area contributed by atoms with Crippen LogP contribution in [-0.2, 0) is 14.3 Å². The average Bonchev–Trinajstić information content (AvgIpc) is 3.13. The first-order valence-corrected chi connectivity index (χ1v) is 10.0. The molecular formula is C21H38O3. The van der Waals surface area contributed by atoms with Crippen LogP contribution in [0.15, 0.2) is 0 Å². The van der Waals surface area contributed by atoms with E-state index < -0.39 is 5.41 Å². The lowest BCUT2D eigenvalue weighted by Crippen LogP contribution is -2.41. The molecule has 0 aromatic carbocycles. The van der Waals surface area contributed by atoms with Gasteiger partial charge in [-0.2, -0.15) is 0 Å². The summed E-state index contributed by atoms with van der Waals surface area (Å²) in [6.45, 7) is 12.9. The molecule has 140 valence electrons. The highest BCUT2D eigenvalue weighted by Gasteiger charge is 2.45. The van der Waals surface area contributed by atoms with E-state index in [4.69, 9.17) is 9.47 Å². The van der Waals surface area contributed by atoms with Crippen molar-refractivity contribution < 1.29 is 14.3 Å². The molecule has 4 unspecified atom stereocenters. The Bertz CT molecular complexity index is 427. The van der Waals surface area contributed by atoms with Gasteiger partial charge in [-0.05, 0) is 77.6 Å². The highest BCUT2D eigenvalue weighted by Crippen LogP contribution is 2.50. The lowest BCUT2D eigenvalue weighted by atomic mass is 9.84. The number of hydrogen-bond donors (Lipinski definition) is 0. The average molecular weight is 339 g/mol. The van der Waals surface area contributed by atoms with Crippen molar-refractivity contribution in [2.45, 2.75) is 98.2 Å². The van der Waals surface area contributed by atoms with Gasteiger partial charge in [0.05, 0.1) is 17.1 Å². The van der Waals surface area contributed by atoms with Crippen molar-refractivity contribution in [3.8, 4) is 0 Å². The Balaban J connectivity index is 2.01. The maximum Gasteiger partial charge on any atom is 0.311 e. The van der Waals surface area contributed by atoms with Crippen LogP contribution >= 0.6 is 0 Å². The Kier molecular flexibility index (Phi) is 6.39. The summed E-state index contributed by atoms with van der Waals surface area (Å²) in [7, 11) is 0. The summed E-state index contributed by atoms with van der Waals surface area (Å²) in [6.07, 6.45) is 8.33. The third-order valence-corrected chi connectivity index (χ3v) is 6.41. The number of hydrogen-bond acceptors (Lipinski definition) is 3. The topological polar surface area (TPSA) is 35.5 Å². The largest absolute Gasteiger partial charge is 0.463 e. The van der Waals surface area contributed by atoms with Crippen LogP contribution in [0.3, 0.4) is 0 Å². The van der Waals surface area contributed by atoms with Crippen LogP contribution in [-0.4, -0.2) is 24.3 Å². The molecule has 0 heterocycles. The van der Waals surface area contributed by atoms with E-state index in [-0.39, 0.29) is 17.7 Å². The summed E-state index contributed by atoms with van der Waals surface area (Å²) in [5.74, 6) is 2.13. The molecule has 0 N–H and O–H groups in total. The summed E-state index contributed by atoms with van der Waals surface area (Å²) in [4.78, 5) is 12.4. The zero-order valence-corrected chi connectivity index (χ0v) is 16.7. The van der Waals surface area contributed by atoms with E-state index in [9.17, 15) is 4.79 Å². The summed E-state index contributed by atoms with van der Waals surface area (Å²) in [5, 5.41) is 0. The molecule has 4 atom stereocenters. The van der Waals surface area contributed by atoms with Crippen molar-refractivity contribution >= 4 is 5.97 Å². The quantitative estimate of drug-likeness (QED) is 0.530. The molecule has 2 fully saturated rings. The second-order valence-corrected chi connectivity index (χ2v) is 9.34.